The Morgan fingerprint density at radius 3 is 3.00 bits per heavy atom. The van der Waals surface area contributed by atoms with Crippen LogP contribution in [0.25, 0.3) is 0 Å². The van der Waals surface area contributed by atoms with Crippen LogP contribution in [-0.4, -0.2) is 42.1 Å². The summed E-state index contributed by atoms with van der Waals surface area (Å²) >= 11 is 0. The summed E-state index contributed by atoms with van der Waals surface area (Å²) in [5.41, 5.74) is 0.400. The number of aromatic nitrogens is 2. The molecule has 0 fully saturated rings. The minimum absolute atomic E-state index is 0.172. The monoisotopic (exact) mass is 255 g/mol. The number of nitrogens with one attached hydrogen (secondary N) is 1. The van der Waals surface area contributed by atoms with Gasteiger partial charge in [-0.25, -0.2) is 4.68 Å². The molecular weight excluding hydrogens is 234 g/mol. The maximum Gasteiger partial charge on any atom is 0.271 e. The van der Waals surface area contributed by atoms with Gasteiger partial charge in [-0.1, -0.05) is 0 Å². The fraction of sp³-hybridized carbons (Fsp3) is 0.667. The summed E-state index contributed by atoms with van der Waals surface area (Å²) in [4.78, 5) is 11.7. The molecule has 1 aromatic rings. The van der Waals surface area contributed by atoms with Gasteiger partial charge in [0.1, 0.15) is 12.4 Å². The molecule has 0 unspecified atom stereocenters. The van der Waals surface area contributed by atoms with Crippen molar-refractivity contribution in [1.82, 2.24) is 15.1 Å². The lowest BCUT2D eigenvalue weighted by molar-refractivity contribution is 0.0756. The molecule has 0 radical (unpaired) electrons. The number of carbonyl (C=O) groups is 1. The largest absolute Gasteiger partial charge is 0.379 e. The molecule has 0 saturated heterocycles. The second kappa shape index (κ2) is 7.84. The molecule has 102 valence electrons. The van der Waals surface area contributed by atoms with Gasteiger partial charge in [-0.15, -0.1) is 0 Å². The fourth-order valence-electron chi connectivity index (χ4n) is 1.37. The lowest BCUT2D eigenvalue weighted by atomic mass is 10.4. The highest BCUT2D eigenvalue weighted by Gasteiger charge is 2.08. The number of carbonyl (C=O) groups excluding carboxylic acids is 1. The van der Waals surface area contributed by atoms with Crippen molar-refractivity contribution >= 4 is 5.91 Å². The second-order valence-corrected chi connectivity index (χ2v) is 4.19. The van der Waals surface area contributed by atoms with Crippen LogP contribution >= 0.6 is 0 Å². The summed E-state index contributed by atoms with van der Waals surface area (Å²) in [6.07, 6.45) is 2.73. The Kier molecular flexibility index (Phi) is 6.38. The van der Waals surface area contributed by atoms with Crippen LogP contribution in [0.15, 0.2) is 12.3 Å². The van der Waals surface area contributed by atoms with Crippen LogP contribution in [0.4, 0.5) is 0 Å². The van der Waals surface area contributed by atoms with E-state index in [0.29, 0.717) is 25.6 Å². The lowest BCUT2D eigenvalue weighted by Crippen LogP contribution is -2.26. The van der Waals surface area contributed by atoms with Crippen molar-refractivity contribution in [1.29, 1.82) is 0 Å². The average Bonchev–Trinajstić information content (AvgIpc) is 2.77. The number of hydrogen-bond acceptors (Lipinski definition) is 4. The van der Waals surface area contributed by atoms with Crippen LogP contribution in [0.5, 0.6) is 0 Å². The normalized spacial score (nSPS) is 10.9. The second-order valence-electron chi connectivity index (χ2n) is 4.19. The van der Waals surface area contributed by atoms with Gasteiger partial charge in [-0.05, 0) is 26.3 Å². The highest BCUT2D eigenvalue weighted by atomic mass is 16.5. The van der Waals surface area contributed by atoms with E-state index >= 15 is 0 Å². The predicted octanol–water partition coefficient (Wildman–Crippen LogP) is 1.03. The predicted molar refractivity (Wildman–Crippen MR) is 67.3 cm³/mol. The zero-order valence-corrected chi connectivity index (χ0v) is 11.2. The number of rotatable bonds is 8. The highest BCUT2D eigenvalue weighted by Crippen LogP contribution is 1.96. The van der Waals surface area contributed by atoms with E-state index in [4.69, 9.17) is 9.47 Å². The number of methoxy groups -OCH3 is 1. The third-order valence-corrected chi connectivity index (χ3v) is 2.19. The maximum atomic E-state index is 11.7. The van der Waals surface area contributed by atoms with Gasteiger partial charge in [-0.2, -0.15) is 5.10 Å². The molecule has 0 aromatic carbocycles. The first-order valence-corrected chi connectivity index (χ1v) is 6.05. The van der Waals surface area contributed by atoms with Crippen molar-refractivity contribution in [2.24, 2.45) is 0 Å². The number of nitrogens with zero attached hydrogens (tertiary/aromatic N) is 2. The smallest absolute Gasteiger partial charge is 0.271 e. The summed E-state index contributed by atoms with van der Waals surface area (Å²) in [6.45, 7) is 5.55. The van der Waals surface area contributed by atoms with Crippen molar-refractivity contribution in [2.75, 3.05) is 20.3 Å². The van der Waals surface area contributed by atoms with Gasteiger partial charge in [0.2, 0.25) is 0 Å². The molecule has 1 rings (SSSR count). The molecule has 0 saturated carbocycles. The molecule has 0 aliphatic rings. The average molecular weight is 255 g/mol. The topological polar surface area (TPSA) is 65.4 Å². The van der Waals surface area contributed by atoms with E-state index in [0.717, 1.165) is 6.42 Å². The molecule has 0 bridgehead atoms. The van der Waals surface area contributed by atoms with E-state index in [2.05, 4.69) is 10.4 Å². The van der Waals surface area contributed by atoms with Crippen LogP contribution in [-0.2, 0) is 16.2 Å². The van der Waals surface area contributed by atoms with E-state index in [9.17, 15) is 4.79 Å². The molecule has 0 aliphatic carbocycles. The van der Waals surface area contributed by atoms with Crippen LogP contribution in [0.2, 0.25) is 0 Å². The summed E-state index contributed by atoms with van der Waals surface area (Å²) in [7, 11) is 1.58. The van der Waals surface area contributed by atoms with Crippen molar-refractivity contribution in [3.63, 3.8) is 0 Å². The molecule has 0 spiro atoms. The standard InChI is InChI=1S/C12H21N3O3/c1-10(2)18-8-4-6-13-12(16)11-5-7-15(14-11)9-17-3/h5,7,10H,4,6,8-9H2,1-3H3,(H,13,16). The number of hydrogen-bond donors (Lipinski definition) is 1. The zero-order chi connectivity index (χ0) is 13.4. The summed E-state index contributed by atoms with van der Waals surface area (Å²) in [5.74, 6) is -0.172. The fourth-order valence-corrected chi connectivity index (χ4v) is 1.37. The Morgan fingerprint density at radius 1 is 1.56 bits per heavy atom. The molecule has 6 nitrogen and oxygen atoms in total. The van der Waals surface area contributed by atoms with Crippen molar-refractivity contribution in [2.45, 2.75) is 33.1 Å². The number of amides is 1. The third-order valence-electron chi connectivity index (χ3n) is 2.19. The Bertz CT molecular complexity index is 363. The minimum Gasteiger partial charge on any atom is -0.379 e. The molecule has 0 aliphatic heterocycles. The van der Waals surface area contributed by atoms with Crippen LogP contribution in [0.1, 0.15) is 30.8 Å². The summed E-state index contributed by atoms with van der Waals surface area (Å²) in [5, 5.41) is 6.87. The Labute approximate surface area is 107 Å². The Hall–Kier alpha value is -1.40. The first-order valence-electron chi connectivity index (χ1n) is 6.05. The van der Waals surface area contributed by atoms with Gasteiger partial charge >= 0.3 is 0 Å². The van der Waals surface area contributed by atoms with E-state index in [-0.39, 0.29) is 12.0 Å². The summed E-state index contributed by atoms with van der Waals surface area (Å²) < 4.78 is 11.9. The Morgan fingerprint density at radius 2 is 2.33 bits per heavy atom. The quantitative estimate of drug-likeness (QED) is 0.705. The first kappa shape index (κ1) is 14.7. The van der Waals surface area contributed by atoms with E-state index < -0.39 is 0 Å². The molecule has 0 atom stereocenters. The van der Waals surface area contributed by atoms with Crippen LogP contribution in [0, 0.1) is 0 Å². The lowest BCUT2D eigenvalue weighted by Gasteiger charge is -2.07. The molecular formula is C12H21N3O3. The number of ether oxygens (including phenoxy) is 2. The molecule has 1 aromatic heterocycles. The SMILES string of the molecule is COCn1ccc(C(=O)NCCCOC(C)C)n1. The van der Waals surface area contributed by atoms with Gasteiger partial charge in [0.25, 0.3) is 5.91 Å². The van der Waals surface area contributed by atoms with Crippen molar-refractivity contribution < 1.29 is 14.3 Å². The minimum atomic E-state index is -0.172. The van der Waals surface area contributed by atoms with Crippen LogP contribution < -0.4 is 5.32 Å². The van der Waals surface area contributed by atoms with Gasteiger partial charge in [0.05, 0.1) is 6.10 Å². The maximum absolute atomic E-state index is 11.7. The van der Waals surface area contributed by atoms with Gasteiger partial charge in [-0.3, -0.25) is 4.79 Å². The van der Waals surface area contributed by atoms with E-state index in [1.807, 2.05) is 13.8 Å². The van der Waals surface area contributed by atoms with E-state index in [1.165, 1.54) is 0 Å². The molecule has 6 heteroatoms. The van der Waals surface area contributed by atoms with Crippen LogP contribution in [0.3, 0.4) is 0 Å². The van der Waals surface area contributed by atoms with E-state index in [1.54, 1.807) is 24.1 Å². The summed E-state index contributed by atoms with van der Waals surface area (Å²) in [6, 6.07) is 1.67. The third kappa shape index (κ3) is 5.29. The van der Waals surface area contributed by atoms with Gasteiger partial charge < -0.3 is 14.8 Å². The highest BCUT2D eigenvalue weighted by molar-refractivity contribution is 5.92. The Balaban J connectivity index is 2.23. The zero-order valence-electron chi connectivity index (χ0n) is 11.2. The first-order chi connectivity index (χ1) is 8.63. The molecule has 1 amide bonds. The molecule has 18 heavy (non-hydrogen) atoms. The van der Waals surface area contributed by atoms with Gasteiger partial charge in [0, 0.05) is 26.5 Å². The molecule has 1 N–H and O–H groups in total. The van der Waals surface area contributed by atoms with Crippen molar-refractivity contribution in [3.8, 4) is 0 Å². The molecule has 1 heterocycles. The van der Waals surface area contributed by atoms with Crippen molar-refractivity contribution in [3.05, 3.63) is 18.0 Å². The van der Waals surface area contributed by atoms with Gasteiger partial charge in [0.15, 0.2) is 0 Å².